The van der Waals surface area contributed by atoms with Gasteiger partial charge in [0.1, 0.15) is 11.3 Å². The van der Waals surface area contributed by atoms with Gasteiger partial charge in [-0.2, -0.15) is 5.10 Å². The maximum absolute atomic E-state index is 12.3. The third-order valence-corrected chi connectivity index (χ3v) is 3.97. The van der Waals surface area contributed by atoms with E-state index >= 15 is 0 Å². The Balaban J connectivity index is 1.82. The second-order valence-electron chi connectivity index (χ2n) is 4.72. The van der Waals surface area contributed by atoms with Crippen molar-refractivity contribution in [2.24, 2.45) is 0 Å². The number of hydrogen-bond acceptors (Lipinski definition) is 7. The summed E-state index contributed by atoms with van der Waals surface area (Å²) in [5.74, 6) is -0.205. The number of hydrogen-bond donors (Lipinski definition) is 3. The van der Waals surface area contributed by atoms with Gasteiger partial charge in [0.05, 0.1) is 0 Å². The molecule has 3 N–H and O–H groups in total. The number of carbonyl (C=O) groups excluding carboxylic acids is 2. The highest BCUT2D eigenvalue weighted by atomic mass is 32.1. The number of amides is 2. The summed E-state index contributed by atoms with van der Waals surface area (Å²) >= 11 is 1.26. The molecule has 0 aliphatic rings. The number of nitrogens with zero attached hydrogens (tertiary/aromatic N) is 4. The Labute approximate surface area is 140 Å². The van der Waals surface area contributed by atoms with Crippen molar-refractivity contribution in [3.05, 3.63) is 40.8 Å². The highest BCUT2D eigenvalue weighted by Crippen LogP contribution is 2.21. The van der Waals surface area contributed by atoms with Crippen LogP contribution in [0.1, 0.15) is 26.5 Å². The molecule has 0 saturated heterocycles. The molecule has 122 valence electrons. The molecule has 10 heteroatoms. The summed E-state index contributed by atoms with van der Waals surface area (Å²) in [6.45, 7) is 1.70. The van der Waals surface area contributed by atoms with Crippen molar-refractivity contribution in [2.75, 3.05) is 12.4 Å². The average Bonchev–Trinajstić information content (AvgIpc) is 3.22. The zero-order valence-corrected chi connectivity index (χ0v) is 13.6. The summed E-state index contributed by atoms with van der Waals surface area (Å²) in [5.41, 5.74) is 1.04. The summed E-state index contributed by atoms with van der Waals surface area (Å²) < 4.78 is 0. The van der Waals surface area contributed by atoms with Crippen molar-refractivity contribution >= 4 is 29.0 Å². The van der Waals surface area contributed by atoms with E-state index in [0.717, 1.165) is 0 Å². The molecule has 24 heavy (non-hydrogen) atoms. The Bertz CT molecular complexity index is 888. The lowest BCUT2D eigenvalue weighted by molar-refractivity contribution is 0.0963. The number of H-pyrrole nitrogens is 1. The Morgan fingerprint density at radius 1 is 1.21 bits per heavy atom. The lowest BCUT2D eigenvalue weighted by atomic mass is 10.2. The standard InChI is InChI=1S/C14H13N7O2S/c1-7-9(13(23)15-2)10(21-20-7)19-12(22)8-6-24-14(18-8)11-16-4-3-5-17-11/h3-6H,1-2H3,(H,15,23)(H2,19,20,21,22). The van der Waals surface area contributed by atoms with Gasteiger partial charge in [0.15, 0.2) is 16.6 Å². The van der Waals surface area contributed by atoms with E-state index in [-0.39, 0.29) is 23.0 Å². The third-order valence-electron chi connectivity index (χ3n) is 3.13. The van der Waals surface area contributed by atoms with Crippen LogP contribution in [0.5, 0.6) is 0 Å². The quantitative estimate of drug-likeness (QED) is 0.654. The molecule has 0 bridgehead atoms. The lowest BCUT2D eigenvalue weighted by Gasteiger charge is -2.03. The largest absolute Gasteiger partial charge is 0.355 e. The number of nitrogens with one attached hydrogen (secondary N) is 3. The third kappa shape index (κ3) is 2.99. The summed E-state index contributed by atoms with van der Waals surface area (Å²) in [6, 6.07) is 1.70. The minimum Gasteiger partial charge on any atom is -0.355 e. The maximum atomic E-state index is 12.3. The number of aryl methyl sites for hydroxylation is 1. The van der Waals surface area contributed by atoms with Gasteiger partial charge in [-0.15, -0.1) is 11.3 Å². The van der Waals surface area contributed by atoms with E-state index in [1.165, 1.54) is 18.4 Å². The normalized spacial score (nSPS) is 10.4. The number of thiazole rings is 1. The second kappa shape index (κ2) is 6.54. The Hall–Kier alpha value is -3.14. The molecule has 3 heterocycles. The first-order chi connectivity index (χ1) is 11.6. The fraction of sp³-hybridized carbons (Fsp3) is 0.143. The molecule has 3 aromatic rings. The molecule has 0 aliphatic carbocycles. The first-order valence-electron chi connectivity index (χ1n) is 6.91. The molecule has 0 aromatic carbocycles. The van der Waals surface area contributed by atoms with Gasteiger partial charge in [0, 0.05) is 30.5 Å². The smallest absolute Gasteiger partial charge is 0.276 e. The molecule has 0 fully saturated rings. The van der Waals surface area contributed by atoms with Crippen LogP contribution in [-0.4, -0.2) is 44.0 Å². The zero-order valence-electron chi connectivity index (χ0n) is 12.8. The van der Waals surface area contributed by atoms with Crippen LogP contribution < -0.4 is 10.6 Å². The van der Waals surface area contributed by atoms with E-state index in [9.17, 15) is 9.59 Å². The van der Waals surface area contributed by atoms with Crippen molar-refractivity contribution in [2.45, 2.75) is 6.92 Å². The first kappa shape index (κ1) is 15.7. The minimum atomic E-state index is -0.468. The van der Waals surface area contributed by atoms with E-state index in [1.807, 2.05) is 0 Å². The fourth-order valence-electron chi connectivity index (χ4n) is 1.98. The highest BCUT2D eigenvalue weighted by Gasteiger charge is 2.21. The monoisotopic (exact) mass is 343 g/mol. The van der Waals surface area contributed by atoms with Crippen molar-refractivity contribution in [3.8, 4) is 10.8 Å². The molecule has 0 radical (unpaired) electrons. The molecule has 2 amide bonds. The van der Waals surface area contributed by atoms with Crippen molar-refractivity contribution in [3.63, 3.8) is 0 Å². The van der Waals surface area contributed by atoms with E-state index in [1.54, 1.807) is 30.8 Å². The number of carbonyl (C=O) groups is 2. The Morgan fingerprint density at radius 3 is 2.67 bits per heavy atom. The molecule has 0 unspecified atom stereocenters. The zero-order chi connectivity index (χ0) is 17.1. The summed E-state index contributed by atoms with van der Waals surface area (Å²) in [5, 5.41) is 13.9. The van der Waals surface area contributed by atoms with Crippen LogP contribution in [0.4, 0.5) is 5.82 Å². The molecule has 0 spiro atoms. The van der Waals surface area contributed by atoms with Gasteiger partial charge in [-0.3, -0.25) is 14.7 Å². The van der Waals surface area contributed by atoms with Crippen LogP contribution in [0.3, 0.4) is 0 Å². The molecule has 0 atom stereocenters. The minimum absolute atomic E-state index is 0.155. The molecule has 0 aliphatic heterocycles. The van der Waals surface area contributed by atoms with Gasteiger partial charge < -0.3 is 10.6 Å². The van der Waals surface area contributed by atoms with Gasteiger partial charge in [-0.05, 0) is 13.0 Å². The van der Waals surface area contributed by atoms with E-state index in [2.05, 4.69) is 35.8 Å². The van der Waals surface area contributed by atoms with Crippen LogP contribution in [0.2, 0.25) is 0 Å². The Kier molecular flexibility index (Phi) is 4.29. The first-order valence-corrected chi connectivity index (χ1v) is 7.79. The van der Waals surface area contributed by atoms with Crippen molar-refractivity contribution < 1.29 is 9.59 Å². The predicted molar refractivity (Wildman–Crippen MR) is 87.8 cm³/mol. The highest BCUT2D eigenvalue weighted by molar-refractivity contribution is 7.13. The van der Waals surface area contributed by atoms with E-state index < -0.39 is 5.91 Å². The van der Waals surface area contributed by atoms with Crippen LogP contribution >= 0.6 is 11.3 Å². The van der Waals surface area contributed by atoms with Gasteiger partial charge >= 0.3 is 0 Å². The number of aromatic nitrogens is 5. The average molecular weight is 343 g/mol. The summed E-state index contributed by atoms with van der Waals surface area (Å²) in [6.07, 6.45) is 3.21. The molecule has 0 saturated carbocycles. The molecular formula is C14H13N7O2S. The van der Waals surface area contributed by atoms with Crippen LogP contribution in [0.15, 0.2) is 23.8 Å². The summed E-state index contributed by atoms with van der Waals surface area (Å²) in [7, 11) is 1.51. The van der Waals surface area contributed by atoms with Crippen molar-refractivity contribution in [1.29, 1.82) is 0 Å². The number of aromatic amines is 1. The lowest BCUT2D eigenvalue weighted by Crippen LogP contribution is -2.21. The fourth-order valence-corrected chi connectivity index (χ4v) is 2.73. The van der Waals surface area contributed by atoms with Gasteiger partial charge in [0.2, 0.25) is 0 Å². The van der Waals surface area contributed by atoms with Crippen LogP contribution in [0, 0.1) is 6.92 Å². The molecule has 3 rings (SSSR count). The van der Waals surface area contributed by atoms with E-state index in [4.69, 9.17) is 0 Å². The SMILES string of the molecule is CNC(=O)c1c(NC(=O)c2csc(-c3ncccn3)n2)n[nH]c1C. The van der Waals surface area contributed by atoms with Crippen molar-refractivity contribution in [1.82, 2.24) is 30.5 Å². The maximum Gasteiger partial charge on any atom is 0.276 e. The predicted octanol–water partition coefficient (Wildman–Crippen LogP) is 1.24. The van der Waals surface area contributed by atoms with E-state index in [0.29, 0.717) is 16.5 Å². The van der Waals surface area contributed by atoms with Gasteiger partial charge in [-0.25, -0.2) is 15.0 Å². The number of anilines is 1. The molecule has 3 aromatic heterocycles. The van der Waals surface area contributed by atoms with Gasteiger partial charge in [0.25, 0.3) is 11.8 Å². The van der Waals surface area contributed by atoms with Crippen LogP contribution in [0.25, 0.3) is 10.8 Å². The topological polar surface area (TPSA) is 126 Å². The summed E-state index contributed by atoms with van der Waals surface area (Å²) in [4.78, 5) is 36.6. The molecule has 9 nitrogen and oxygen atoms in total. The van der Waals surface area contributed by atoms with Gasteiger partial charge in [-0.1, -0.05) is 0 Å². The second-order valence-corrected chi connectivity index (χ2v) is 5.57. The number of rotatable bonds is 4. The Morgan fingerprint density at radius 2 is 1.96 bits per heavy atom. The molecular weight excluding hydrogens is 330 g/mol. The van der Waals surface area contributed by atoms with Crippen LogP contribution in [-0.2, 0) is 0 Å².